The van der Waals surface area contributed by atoms with Gasteiger partial charge in [0.25, 0.3) is 0 Å². The van der Waals surface area contributed by atoms with E-state index in [2.05, 4.69) is 30.0 Å². The Bertz CT molecular complexity index is 609. The van der Waals surface area contributed by atoms with Gasteiger partial charge in [-0.25, -0.2) is 9.97 Å². The maximum absolute atomic E-state index is 4.50. The van der Waals surface area contributed by atoms with E-state index in [1.165, 1.54) is 19.3 Å². The van der Waals surface area contributed by atoms with Crippen LogP contribution in [-0.2, 0) is 13.0 Å². The summed E-state index contributed by atoms with van der Waals surface area (Å²) < 4.78 is 2.23. The molecule has 0 bridgehead atoms. The van der Waals surface area contributed by atoms with Crippen LogP contribution in [0, 0.1) is 6.92 Å². The smallest absolute Gasteiger partial charge is 0.223 e. The lowest BCUT2D eigenvalue weighted by Gasteiger charge is -2.08. The Morgan fingerprint density at radius 1 is 1.25 bits per heavy atom. The van der Waals surface area contributed by atoms with Gasteiger partial charge in [-0.3, -0.25) is 0 Å². The first kappa shape index (κ1) is 13.4. The maximum atomic E-state index is 4.50. The first-order valence-electron chi connectivity index (χ1n) is 6.89. The Hall–Kier alpha value is -1.63. The normalized spacial score (nSPS) is 14.7. The minimum absolute atomic E-state index is 0.633. The Morgan fingerprint density at radius 2 is 2.15 bits per heavy atom. The molecule has 1 aliphatic heterocycles. The molecule has 0 spiro atoms. The molecule has 0 radical (unpaired) electrons. The predicted molar refractivity (Wildman–Crippen MR) is 78.0 cm³/mol. The van der Waals surface area contributed by atoms with Crippen LogP contribution in [0.4, 0.5) is 5.95 Å². The summed E-state index contributed by atoms with van der Waals surface area (Å²) in [6, 6.07) is 0. The van der Waals surface area contributed by atoms with Gasteiger partial charge in [0.15, 0.2) is 5.16 Å². The fraction of sp³-hybridized carbons (Fsp3) is 0.538. The van der Waals surface area contributed by atoms with Crippen LogP contribution in [0.5, 0.6) is 0 Å². The number of rotatable bonds is 3. The monoisotopic (exact) mass is 290 g/mol. The minimum atomic E-state index is 0.633. The standard InChI is InChI=1S/C13H18N6S/c1-9-8-15-12(14-2)16-11(9)20-13-18-17-10-6-4-3-5-7-19(10)13/h8H,3-7H2,1-2H3,(H,14,15,16). The van der Waals surface area contributed by atoms with E-state index in [1.54, 1.807) is 11.8 Å². The highest BCUT2D eigenvalue weighted by molar-refractivity contribution is 7.99. The lowest BCUT2D eigenvalue weighted by atomic mass is 10.2. The van der Waals surface area contributed by atoms with Crippen LogP contribution in [0.1, 0.15) is 30.7 Å². The second kappa shape index (κ2) is 5.78. The molecule has 0 aliphatic carbocycles. The van der Waals surface area contributed by atoms with Crippen LogP contribution < -0.4 is 5.32 Å². The molecule has 2 aromatic heterocycles. The van der Waals surface area contributed by atoms with E-state index in [-0.39, 0.29) is 0 Å². The summed E-state index contributed by atoms with van der Waals surface area (Å²) in [5.74, 6) is 1.74. The molecule has 0 fully saturated rings. The van der Waals surface area contributed by atoms with E-state index in [0.717, 1.165) is 34.5 Å². The molecule has 7 heteroatoms. The van der Waals surface area contributed by atoms with Crippen molar-refractivity contribution in [3.05, 3.63) is 17.6 Å². The van der Waals surface area contributed by atoms with Crippen LogP contribution in [-0.4, -0.2) is 31.8 Å². The van der Waals surface area contributed by atoms with Crippen molar-refractivity contribution >= 4 is 17.7 Å². The third-order valence-electron chi connectivity index (χ3n) is 3.41. The predicted octanol–water partition coefficient (Wildman–Crippen LogP) is 2.30. The molecule has 1 aliphatic rings. The first-order chi connectivity index (χ1) is 9.78. The molecule has 6 nitrogen and oxygen atoms in total. The number of anilines is 1. The van der Waals surface area contributed by atoms with Crippen molar-refractivity contribution in [3.63, 3.8) is 0 Å². The number of hydrogen-bond acceptors (Lipinski definition) is 6. The zero-order valence-corrected chi connectivity index (χ0v) is 12.6. The zero-order valence-electron chi connectivity index (χ0n) is 11.8. The minimum Gasteiger partial charge on any atom is -0.357 e. The van der Waals surface area contributed by atoms with Gasteiger partial charge in [0, 0.05) is 31.8 Å². The summed E-state index contributed by atoms with van der Waals surface area (Å²) in [5.41, 5.74) is 1.06. The van der Waals surface area contributed by atoms with Crippen LogP contribution in [0.3, 0.4) is 0 Å². The van der Waals surface area contributed by atoms with Crippen molar-refractivity contribution in [1.82, 2.24) is 24.7 Å². The van der Waals surface area contributed by atoms with E-state index in [4.69, 9.17) is 0 Å². The molecular formula is C13H18N6S. The zero-order chi connectivity index (χ0) is 13.9. The molecule has 2 aromatic rings. The average molecular weight is 290 g/mol. The Labute approximate surface area is 122 Å². The van der Waals surface area contributed by atoms with E-state index in [9.17, 15) is 0 Å². The summed E-state index contributed by atoms with van der Waals surface area (Å²) in [7, 11) is 1.82. The number of aryl methyl sites for hydroxylation is 2. The van der Waals surface area contributed by atoms with E-state index < -0.39 is 0 Å². The highest BCUT2D eigenvalue weighted by atomic mass is 32.2. The fourth-order valence-corrected chi connectivity index (χ4v) is 3.18. The Kier molecular flexibility index (Phi) is 3.86. The lowest BCUT2D eigenvalue weighted by Crippen LogP contribution is -2.03. The summed E-state index contributed by atoms with van der Waals surface area (Å²) in [5, 5.41) is 13.5. The Morgan fingerprint density at radius 3 is 3.00 bits per heavy atom. The van der Waals surface area contributed by atoms with Crippen LogP contribution >= 0.6 is 11.8 Å². The molecule has 0 saturated heterocycles. The summed E-state index contributed by atoms with van der Waals surface area (Å²) in [6.07, 6.45) is 6.53. The van der Waals surface area contributed by atoms with E-state index >= 15 is 0 Å². The SMILES string of the molecule is CNc1ncc(C)c(Sc2nnc3n2CCCCC3)n1. The highest BCUT2D eigenvalue weighted by Crippen LogP contribution is 2.29. The van der Waals surface area contributed by atoms with Crippen molar-refractivity contribution in [1.29, 1.82) is 0 Å². The lowest BCUT2D eigenvalue weighted by molar-refractivity contribution is 0.590. The average Bonchev–Trinajstić information content (AvgIpc) is 2.70. The number of nitrogens with zero attached hydrogens (tertiary/aromatic N) is 5. The van der Waals surface area contributed by atoms with Crippen molar-refractivity contribution < 1.29 is 0 Å². The largest absolute Gasteiger partial charge is 0.357 e. The van der Waals surface area contributed by atoms with Gasteiger partial charge in [-0.15, -0.1) is 10.2 Å². The number of nitrogens with one attached hydrogen (secondary N) is 1. The number of aromatic nitrogens is 5. The first-order valence-corrected chi connectivity index (χ1v) is 7.71. The molecule has 0 amide bonds. The van der Waals surface area contributed by atoms with Crippen LogP contribution in [0.25, 0.3) is 0 Å². The summed E-state index contributed by atoms with van der Waals surface area (Å²) in [4.78, 5) is 8.71. The van der Waals surface area contributed by atoms with Crippen LogP contribution in [0.15, 0.2) is 16.4 Å². The second-order valence-corrected chi connectivity index (χ2v) is 5.85. The second-order valence-electron chi connectivity index (χ2n) is 4.89. The quantitative estimate of drug-likeness (QED) is 0.875. The molecule has 20 heavy (non-hydrogen) atoms. The third kappa shape index (κ3) is 2.63. The fourth-order valence-electron chi connectivity index (χ4n) is 2.27. The van der Waals surface area contributed by atoms with Crippen molar-refractivity contribution in [3.8, 4) is 0 Å². The number of hydrogen-bond donors (Lipinski definition) is 1. The van der Waals surface area contributed by atoms with Gasteiger partial charge in [0.1, 0.15) is 10.9 Å². The molecule has 0 aromatic carbocycles. The highest BCUT2D eigenvalue weighted by Gasteiger charge is 2.17. The molecule has 0 unspecified atom stereocenters. The molecule has 3 rings (SSSR count). The summed E-state index contributed by atoms with van der Waals surface area (Å²) in [6.45, 7) is 3.02. The van der Waals surface area contributed by atoms with Gasteiger partial charge in [0.05, 0.1) is 0 Å². The van der Waals surface area contributed by atoms with Crippen molar-refractivity contribution in [2.24, 2.45) is 0 Å². The third-order valence-corrected chi connectivity index (χ3v) is 4.50. The van der Waals surface area contributed by atoms with Crippen LogP contribution in [0.2, 0.25) is 0 Å². The van der Waals surface area contributed by atoms with E-state index in [1.807, 2.05) is 20.2 Å². The van der Waals surface area contributed by atoms with E-state index in [0.29, 0.717) is 5.95 Å². The van der Waals surface area contributed by atoms with Gasteiger partial charge in [-0.05, 0) is 31.5 Å². The molecule has 0 atom stereocenters. The molecule has 3 heterocycles. The van der Waals surface area contributed by atoms with Gasteiger partial charge < -0.3 is 9.88 Å². The molecule has 0 saturated carbocycles. The number of fused-ring (bicyclic) bond motifs is 1. The van der Waals surface area contributed by atoms with Gasteiger partial charge >= 0.3 is 0 Å². The molecule has 1 N–H and O–H groups in total. The molecular weight excluding hydrogens is 272 g/mol. The topological polar surface area (TPSA) is 68.5 Å². The summed E-state index contributed by atoms with van der Waals surface area (Å²) >= 11 is 1.57. The Balaban J connectivity index is 1.90. The van der Waals surface area contributed by atoms with Crippen molar-refractivity contribution in [2.45, 2.75) is 49.3 Å². The molecule has 106 valence electrons. The van der Waals surface area contributed by atoms with Gasteiger partial charge in [-0.1, -0.05) is 6.42 Å². The van der Waals surface area contributed by atoms with Gasteiger partial charge in [0.2, 0.25) is 5.95 Å². The maximum Gasteiger partial charge on any atom is 0.223 e. The van der Waals surface area contributed by atoms with Crippen molar-refractivity contribution in [2.75, 3.05) is 12.4 Å². The van der Waals surface area contributed by atoms with Gasteiger partial charge in [-0.2, -0.15) is 0 Å².